The fourth-order valence-electron chi connectivity index (χ4n) is 8.59. The van der Waals surface area contributed by atoms with Crippen molar-refractivity contribution in [3.05, 3.63) is 205 Å². The molecule has 1 atom stereocenters. The van der Waals surface area contributed by atoms with E-state index in [9.17, 15) is 0 Å². The third-order valence-corrected chi connectivity index (χ3v) is 11.5. The highest BCUT2D eigenvalue weighted by molar-refractivity contribution is 6.06. The lowest BCUT2D eigenvalue weighted by atomic mass is 9.75. The second-order valence-corrected chi connectivity index (χ2v) is 15.1. The number of hydrogen-bond acceptors (Lipinski definition) is 5. The number of aromatic nitrogens is 3. The van der Waals surface area contributed by atoms with Crippen molar-refractivity contribution in [2.45, 2.75) is 18.8 Å². The molecule has 3 heterocycles. The predicted octanol–water partition coefficient (Wildman–Crippen LogP) is 13.2. The van der Waals surface area contributed by atoms with Crippen molar-refractivity contribution in [3.63, 3.8) is 0 Å². The van der Waals surface area contributed by atoms with Gasteiger partial charge in [-0.05, 0) is 102 Å². The number of benzene rings is 7. The van der Waals surface area contributed by atoms with Gasteiger partial charge in [-0.3, -0.25) is 0 Å². The summed E-state index contributed by atoms with van der Waals surface area (Å²) in [4.78, 5) is 18.1. The van der Waals surface area contributed by atoms with Crippen LogP contribution in [0.4, 0.5) is 11.4 Å². The van der Waals surface area contributed by atoms with Crippen LogP contribution in [0.2, 0.25) is 0 Å². The molecule has 0 saturated heterocycles. The summed E-state index contributed by atoms with van der Waals surface area (Å²) in [7, 11) is 0. The summed E-state index contributed by atoms with van der Waals surface area (Å²) in [6.07, 6.45) is 5.40. The van der Waals surface area contributed by atoms with E-state index in [1.807, 2.05) is 30.3 Å². The van der Waals surface area contributed by atoms with Gasteiger partial charge in [-0.25, -0.2) is 15.0 Å². The molecule has 0 saturated carbocycles. The quantitative estimate of drug-likeness (QED) is 0.170. The molecule has 5 nitrogen and oxygen atoms in total. The van der Waals surface area contributed by atoms with Gasteiger partial charge in [0.25, 0.3) is 0 Å². The third-order valence-electron chi connectivity index (χ3n) is 11.5. The van der Waals surface area contributed by atoms with Gasteiger partial charge < -0.3 is 9.32 Å². The van der Waals surface area contributed by atoms with E-state index in [4.69, 9.17) is 19.4 Å². The Bertz CT molecular complexity index is 3070. The van der Waals surface area contributed by atoms with E-state index in [1.54, 1.807) is 0 Å². The van der Waals surface area contributed by atoms with E-state index in [-0.39, 0.29) is 5.41 Å². The van der Waals surface area contributed by atoms with Gasteiger partial charge in [0.15, 0.2) is 17.5 Å². The Hall–Kier alpha value is -7.37. The van der Waals surface area contributed by atoms with Gasteiger partial charge in [0.05, 0.1) is 0 Å². The Labute approximate surface area is 331 Å². The fourth-order valence-corrected chi connectivity index (χ4v) is 8.59. The fraction of sp³-hybridized carbons (Fsp3) is 0.0577. The average Bonchev–Trinajstić information content (AvgIpc) is 3.78. The number of rotatable bonds is 6. The number of para-hydroxylation sites is 3. The Morgan fingerprint density at radius 2 is 1.07 bits per heavy atom. The SMILES string of the molecule is CC12CC=C(c3nc(-c4cccc(-c5cccc(-c6ccccc6)c5)c4)nc(-c4ccc5oc6ccccc6c5c4)n3)C=C1N(c1ccccc1)c1ccccc12. The summed E-state index contributed by atoms with van der Waals surface area (Å²) in [6, 6.07) is 61.5. The minimum atomic E-state index is -0.204. The summed E-state index contributed by atoms with van der Waals surface area (Å²) in [5.74, 6) is 1.87. The van der Waals surface area contributed by atoms with Gasteiger partial charge in [-0.15, -0.1) is 0 Å². The minimum absolute atomic E-state index is 0.204. The van der Waals surface area contributed by atoms with Crippen molar-refractivity contribution in [2.24, 2.45) is 0 Å². The molecule has 57 heavy (non-hydrogen) atoms. The van der Waals surface area contributed by atoms with E-state index in [0.717, 1.165) is 61.9 Å². The molecule has 0 fully saturated rings. The molecule has 0 radical (unpaired) electrons. The lowest BCUT2D eigenvalue weighted by molar-refractivity contribution is 0.578. The molecule has 0 bridgehead atoms. The molecule has 7 aromatic carbocycles. The van der Waals surface area contributed by atoms with Crippen LogP contribution in [0, 0.1) is 0 Å². The number of furan rings is 1. The van der Waals surface area contributed by atoms with Crippen LogP contribution in [0.3, 0.4) is 0 Å². The van der Waals surface area contributed by atoms with Crippen molar-refractivity contribution >= 4 is 38.9 Å². The highest BCUT2D eigenvalue weighted by Gasteiger charge is 2.45. The number of hydrogen-bond donors (Lipinski definition) is 0. The number of fused-ring (bicyclic) bond motifs is 6. The predicted molar refractivity (Wildman–Crippen MR) is 232 cm³/mol. The molecular weight excluding hydrogens is 697 g/mol. The summed E-state index contributed by atoms with van der Waals surface area (Å²) in [6.45, 7) is 2.35. The first-order valence-corrected chi connectivity index (χ1v) is 19.4. The lowest BCUT2D eigenvalue weighted by Gasteiger charge is -2.32. The molecule has 0 spiro atoms. The normalized spacial score (nSPS) is 16.0. The van der Waals surface area contributed by atoms with Gasteiger partial charge in [0, 0.05) is 50.0 Å². The average molecular weight is 733 g/mol. The van der Waals surface area contributed by atoms with Gasteiger partial charge in [-0.2, -0.15) is 0 Å². The lowest BCUT2D eigenvalue weighted by Crippen LogP contribution is -2.28. The molecule has 9 aromatic rings. The van der Waals surface area contributed by atoms with E-state index < -0.39 is 0 Å². The first kappa shape index (κ1) is 33.0. The second kappa shape index (κ2) is 13.1. The molecular formula is C52H36N4O. The van der Waals surface area contributed by atoms with Crippen LogP contribution < -0.4 is 4.90 Å². The van der Waals surface area contributed by atoms with Gasteiger partial charge in [-0.1, -0.05) is 127 Å². The van der Waals surface area contributed by atoms with Crippen molar-refractivity contribution in [1.29, 1.82) is 0 Å². The summed E-state index contributed by atoms with van der Waals surface area (Å²) in [5.41, 5.74) is 13.7. The third kappa shape index (κ3) is 5.58. The van der Waals surface area contributed by atoms with E-state index in [2.05, 4.69) is 170 Å². The van der Waals surface area contributed by atoms with Crippen LogP contribution in [0.25, 0.3) is 72.5 Å². The minimum Gasteiger partial charge on any atom is -0.456 e. The topological polar surface area (TPSA) is 55.1 Å². The Balaban J connectivity index is 1.07. The Morgan fingerprint density at radius 3 is 1.86 bits per heavy atom. The molecule has 270 valence electrons. The number of allylic oxidation sites excluding steroid dienone is 4. The number of anilines is 2. The molecule has 0 N–H and O–H groups in total. The van der Waals surface area contributed by atoms with Crippen LogP contribution in [0.5, 0.6) is 0 Å². The first-order valence-electron chi connectivity index (χ1n) is 19.4. The maximum atomic E-state index is 6.20. The van der Waals surface area contributed by atoms with Crippen LogP contribution in [0.15, 0.2) is 198 Å². The van der Waals surface area contributed by atoms with Gasteiger partial charge in [0.2, 0.25) is 0 Å². The summed E-state index contributed by atoms with van der Waals surface area (Å²) < 4.78 is 6.20. The summed E-state index contributed by atoms with van der Waals surface area (Å²) >= 11 is 0. The molecule has 11 rings (SSSR count). The maximum absolute atomic E-state index is 6.20. The van der Waals surface area contributed by atoms with Gasteiger partial charge >= 0.3 is 0 Å². The van der Waals surface area contributed by atoms with Gasteiger partial charge in [0.1, 0.15) is 11.2 Å². The molecule has 1 unspecified atom stereocenters. The molecule has 0 amide bonds. The first-order chi connectivity index (χ1) is 28.1. The zero-order chi connectivity index (χ0) is 37.9. The standard InChI is InChI=1S/C52H36N4O/c1-52-29-28-40(33-48(52)56(41-20-6-3-7-21-41)45-24-10-9-23-44(45)52)51-54-49(53-50(55-51)39-26-27-47-43(32-39)42-22-8-11-25-46(42)57-47)38-19-13-18-37(31-38)36-17-12-16-35(30-36)34-14-4-2-5-15-34/h2-28,30-33H,29H2,1H3. The monoisotopic (exact) mass is 732 g/mol. The van der Waals surface area contributed by atoms with E-state index in [1.165, 1.54) is 28.1 Å². The zero-order valence-corrected chi connectivity index (χ0v) is 31.3. The molecule has 2 aliphatic rings. The molecule has 2 aromatic heterocycles. The Kier molecular flexibility index (Phi) is 7.61. The second-order valence-electron chi connectivity index (χ2n) is 15.1. The zero-order valence-electron chi connectivity index (χ0n) is 31.3. The highest BCUT2D eigenvalue weighted by Crippen LogP contribution is 2.55. The van der Waals surface area contributed by atoms with Crippen LogP contribution in [-0.2, 0) is 5.41 Å². The largest absolute Gasteiger partial charge is 0.456 e. The van der Waals surface area contributed by atoms with E-state index >= 15 is 0 Å². The smallest absolute Gasteiger partial charge is 0.164 e. The maximum Gasteiger partial charge on any atom is 0.164 e. The molecule has 1 aliphatic heterocycles. The van der Waals surface area contributed by atoms with Crippen LogP contribution in [-0.4, -0.2) is 15.0 Å². The summed E-state index contributed by atoms with van der Waals surface area (Å²) in [5, 5.41) is 2.10. The molecule has 5 heteroatoms. The van der Waals surface area contributed by atoms with Crippen molar-refractivity contribution in [3.8, 4) is 45.0 Å². The highest BCUT2D eigenvalue weighted by atomic mass is 16.3. The van der Waals surface area contributed by atoms with Crippen LogP contribution in [0.1, 0.15) is 24.7 Å². The van der Waals surface area contributed by atoms with E-state index in [0.29, 0.717) is 17.5 Å². The van der Waals surface area contributed by atoms with Crippen molar-refractivity contribution in [2.75, 3.05) is 4.90 Å². The van der Waals surface area contributed by atoms with Crippen molar-refractivity contribution in [1.82, 2.24) is 15.0 Å². The number of nitrogens with zero attached hydrogens (tertiary/aromatic N) is 4. The van der Waals surface area contributed by atoms with Crippen LogP contribution >= 0.6 is 0 Å². The Morgan fingerprint density at radius 1 is 0.491 bits per heavy atom. The molecule has 1 aliphatic carbocycles. The van der Waals surface area contributed by atoms with Crippen molar-refractivity contribution < 1.29 is 4.42 Å².